The first-order valence-electron chi connectivity index (χ1n) is 2.47. The summed E-state index contributed by atoms with van der Waals surface area (Å²) < 4.78 is 7.60. The van der Waals surface area contributed by atoms with Crippen LogP contribution in [0.2, 0.25) is 0 Å². The standard InChI is InChI=1S/C5H7IN2O/c1-8-3-4(9-2)5(6)7-8/h3H,1-2H3. The van der Waals surface area contributed by atoms with Crippen molar-refractivity contribution in [2.45, 2.75) is 0 Å². The third-order valence-corrected chi connectivity index (χ3v) is 1.72. The molecular formula is C5H7IN2O. The maximum atomic E-state index is 4.97. The molecule has 0 aromatic carbocycles. The van der Waals surface area contributed by atoms with Crippen LogP contribution in [0.3, 0.4) is 0 Å². The molecule has 0 unspecified atom stereocenters. The Balaban J connectivity index is 3.01. The summed E-state index contributed by atoms with van der Waals surface area (Å²) in [5.41, 5.74) is 0. The van der Waals surface area contributed by atoms with Gasteiger partial charge in [-0.05, 0) is 22.6 Å². The van der Waals surface area contributed by atoms with Crippen LogP contribution in [0.15, 0.2) is 6.20 Å². The molecule has 9 heavy (non-hydrogen) atoms. The number of rotatable bonds is 1. The zero-order chi connectivity index (χ0) is 6.85. The highest BCUT2D eigenvalue weighted by atomic mass is 127. The molecule has 3 nitrogen and oxygen atoms in total. The SMILES string of the molecule is COc1cn(C)nc1I. The summed E-state index contributed by atoms with van der Waals surface area (Å²) in [6, 6.07) is 0. The predicted molar refractivity (Wildman–Crippen MR) is 42.5 cm³/mol. The molecule has 4 heteroatoms. The Bertz CT molecular complexity index is 209. The van der Waals surface area contributed by atoms with Crippen LogP contribution in [0.4, 0.5) is 0 Å². The molecule has 1 aromatic heterocycles. The third-order valence-electron chi connectivity index (χ3n) is 0.973. The van der Waals surface area contributed by atoms with Gasteiger partial charge in [0.2, 0.25) is 0 Å². The molecule has 0 spiro atoms. The molecule has 0 N–H and O–H groups in total. The molecule has 0 saturated heterocycles. The number of ether oxygens (including phenoxy) is 1. The maximum absolute atomic E-state index is 4.97. The number of halogens is 1. The maximum Gasteiger partial charge on any atom is 0.170 e. The van der Waals surface area contributed by atoms with E-state index in [1.54, 1.807) is 11.8 Å². The molecular weight excluding hydrogens is 231 g/mol. The van der Waals surface area contributed by atoms with E-state index in [9.17, 15) is 0 Å². The van der Waals surface area contributed by atoms with Crippen molar-refractivity contribution in [1.82, 2.24) is 9.78 Å². The Labute approximate surface area is 67.1 Å². The third kappa shape index (κ3) is 1.35. The molecule has 0 aliphatic rings. The van der Waals surface area contributed by atoms with Gasteiger partial charge in [0, 0.05) is 7.05 Å². The van der Waals surface area contributed by atoms with E-state index in [1.165, 1.54) is 0 Å². The Kier molecular flexibility index (Phi) is 1.94. The Hall–Kier alpha value is -0.260. The summed E-state index contributed by atoms with van der Waals surface area (Å²) in [6.07, 6.45) is 1.84. The molecule has 0 fully saturated rings. The highest BCUT2D eigenvalue weighted by Crippen LogP contribution is 2.16. The van der Waals surface area contributed by atoms with Crippen molar-refractivity contribution in [1.29, 1.82) is 0 Å². The van der Waals surface area contributed by atoms with Crippen molar-refractivity contribution in [2.75, 3.05) is 7.11 Å². The topological polar surface area (TPSA) is 27.1 Å². The first-order valence-corrected chi connectivity index (χ1v) is 3.55. The Morgan fingerprint density at radius 1 is 1.78 bits per heavy atom. The smallest absolute Gasteiger partial charge is 0.170 e. The molecule has 0 saturated carbocycles. The highest BCUT2D eigenvalue weighted by molar-refractivity contribution is 14.1. The molecule has 0 aliphatic carbocycles. The number of aromatic nitrogens is 2. The van der Waals surface area contributed by atoms with E-state index in [4.69, 9.17) is 4.74 Å². The van der Waals surface area contributed by atoms with Crippen LogP contribution in [-0.2, 0) is 7.05 Å². The van der Waals surface area contributed by atoms with Crippen LogP contribution in [0.1, 0.15) is 0 Å². The minimum Gasteiger partial charge on any atom is -0.492 e. The highest BCUT2D eigenvalue weighted by Gasteiger charge is 2.01. The van der Waals surface area contributed by atoms with Crippen LogP contribution in [-0.4, -0.2) is 16.9 Å². The van der Waals surface area contributed by atoms with Gasteiger partial charge in [0.1, 0.15) is 0 Å². The first-order chi connectivity index (χ1) is 4.24. The van der Waals surface area contributed by atoms with E-state index in [1.807, 2.05) is 13.2 Å². The van der Waals surface area contributed by atoms with E-state index in [0.717, 1.165) is 9.45 Å². The van der Waals surface area contributed by atoms with E-state index >= 15 is 0 Å². The molecule has 0 aliphatic heterocycles. The van der Waals surface area contributed by atoms with Crippen LogP contribution < -0.4 is 4.74 Å². The number of aryl methyl sites for hydroxylation is 1. The summed E-state index contributed by atoms with van der Waals surface area (Å²) in [4.78, 5) is 0. The molecule has 0 bridgehead atoms. The van der Waals surface area contributed by atoms with E-state index in [0.29, 0.717) is 0 Å². The van der Waals surface area contributed by atoms with Gasteiger partial charge in [-0.25, -0.2) is 0 Å². The lowest BCUT2D eigenvalue weighted by Gasteiger charge is -1.89. The number of hydrogen-bond donors (Lipinski definition) is 0. The molecule has 50 valence electrons. The summed E-state index contributed by atoms with van der Waals surface area (Å²) in [5, 5.41) is 4.06. The largest absolute Gasteiger partial charge is 0.492 e. The lowest BCUT2D eigenvalue weighted by molar-refractivity contribution is 0.411. The van der Waals surface area contributed by atoms with Crippen LogP contribution in [0.5, 0.6) is 5.75 Å². The average Bonchev–Trinajstić information content (AvgIpc) is 2.10. The van der Waals surface area contributed by atoms with Crippen molar-refractivity contribution in [3.8, 4) is 5.75 Å². The predicted octanol–water partition coefficient (Wildman–Crippen LogP) is 1.03. The second-order valence-electron chi connectivity index (χ2n) is 1.66. The molecule has 0 radical (unpaired) electrons. The van der Waals surface area contributed by atoms with Crippen LogP contribution in [0, 0.1) is 3.70 Å². The Morgan fingerprint density at radius 2 is 2.44 bits per heavy atom. The molecule has 1 heterocycles. The number of nitrogens with zero attached hydrogens (tertiary/aromatic N) is 2. The zero-order valence-corrected chi connectivity index (χ0v) is 7.42. The normalized spacial score (nSPS) is 9.67. The van der Waals surface area contributed by atoms with Crippen LogP contribution in [0.25, 0.3) is 0 Å². The van der Waals surface area contributed by atoms with E-state index in [2.05, 4.69) is 27.7 Å². The van der Waals surface area contributed by atoms with Gasteiger partial charge >= 0.3 is 0 Å². The van der Waals surface area contributed by atoms with Gasteiger partial charge in [-0.3, -0.25) is 4.68 Å². The molecule has 0 amide bonds. The number of hydrogen-bond acceptors (Lipinski definition) is 2. The minimum absolute atomic E-state index is 0.832. The van der Waals surface area contributed by atoms with Crippen molar-refractivity contribution in [2.24, 2.45) is 7.05 Å². The molecule has 1 aromatic rings. The fourth-order valence-electron chi connectivity index (χ4n) is 0.577. The lowest BCUT2D eigenvalue weighted by Crippen LogP contribution is -1.85. The van der Waals surface area contributed by atoms with Gasteiger partial charge < -0.3 is 4.74 Å². The first kappa shape index (κ1) is 6.85. The van der Waals surface area contributed by atoms with Gasteiger partial charge in [0.15, 0.2) is 9.45 Å². The number of methoxy groups -OCH3 is 1. The van der Waals surface area contributed by atoms with Crippen molar-refractivity contribution in [3.63, 3.8) is 0 Å². The van der Waals surface area contributed by atoms with Crippen molar-refractivity contribution >= 4 is 22.6 Å². The second kappa shape index (κ2) is 2.55. The summed E-state index contributed by atoms with van der Waals surface area (Å²) in [5.74, 6) is 0.832. The molecule has 0 atom stereocenters. The van der Waals surface area contributed by atoms with Gasteiger partial charge in [0.05, 0.1) is 13.3 Å². The fourth-order valence-corrected chi connectivity index (χ4v) is 1.28. The molecule has 1 rings (SSSR count). The fraction of sp³-hybridized carbons (Fsp3) is 0.400. The van der Waals surface area contributed by atoms with E-state index < -0.39 is 0 Å². The lowest BCUT2D eigenvalue weighted by atomic mass is 10.7. The van der Waals surface area contributed by atoms with Gasteiger partial charge in [-0.2, -0.15) is 5.10 Å². The summed E-state index contributed by atoms with van der Waals surface area (Å²) in [6.45, 7) is 0. The average molecular weight is 238 g/mol. The zero-order valence-electron chi connectivity index (χ0n) is 5.26. The summed E-state index contributed by atoms with van der Waals surface area (Å²) in [7, 11) is 3.50. The van der Waals surface area contributed by atoms with Gasteiger partial charge in [0.25, 0.3) is 0 Å². The second-order valence-corrected chi connectivity index (χ2v) is 2.68. The van der Waals surface area contributed by atoms with E-state index in [-0.39, 0.29) is 0 Å². The van der Waals surface area contributed by atoms with Crippen LogP contribution >= 0.6 is 22.6 Å². The summed E-state index contributed by atoms with van der Waals surface area (Å²) >= 11 is 2.12. The van der Waals surface area contributed by atoms with Gasteiger partial charge in [-0.15, -0.1) is 0 Å². The monoisotopic (exact) mass is 238 g/mol. The Morgan fingerprint density at radius 3 is 2.67 bits per heavy atom. The minimum atomic E-state index is 0.832. The quantitative estimate of drug-likeness (QED) is 0.683. The van der Waals surface area contributed by atoms with Crippen molar-refractivity contribution in [3.05, 3.63) is 9.90 Å². The van der Waals surface area contributed by atoms with Gasteiger partial charge in [-0.1, -0.05) is 0 Å². The van der Waals surface area contributed by atoms with Crippen molar-refractivity contribution < 1.29 is 4.74 Å².